The van der Waals surface area contributed by atoms with Crippen LogP contribution in [0.25, 0.3) is 22.3 Å². The summed E-state index contributed by atoms with van der Waals surface area (Å²) in [5, 5.41) is 9.83. The molecule has 0 bridgehead atoms. The van der Waals surface area contributed by atoms with Crippen molar-refractivity contribution in [2.75, 3.05) is 5.73 Å². The van der Waals surface area contributed by atoms with E-state index in [-0.39, 0.29) is 5.95 Å². The van der Waals surface area contributed by atoms with Crippen molar-refractivity contribution in [1.29, 1.82) is 5.26 Å². The Hall–Kier alpha value is -2.94. The topological polar surface area (TPSA) is 104 Å². The molecule has 0 saturated carbocycles. The summed E-state index contributed by atoms with van der Waals surface area (Å²) in [6.07, 6.45) is 4.14. The minimum atomic E-state index is 0.248. The van der Waals surface area contributed by atoms with Crippen LogP contribution in [0.5, 0.6) is 0 Å². The molecule has 3 rings (SSSR count). The van der Waals surface area contributed by atoms with Gasteiger partial charge in [-0.15, -0.1) is 0 Å². The Morgan fingerprint density at radius 3 is 2.95 bits per heavy atom. The minimum Gasteiger partial charge on any atom is -0.368 e. The highest BCUT2D eigenvalue weighted by Crippen LogP contribution is 2.27. The molecule has 20 heavy (non-hydrogen) atoms. The van der Waals surface area contributed by atoms with Crippen LogP contribution in [0.2, 0.25) is 0 Å². The quantitative estimate of drug-likeness (QED) is 0.737. The lowest BCUT2D eigenvalue weighted by Crippen LogP contribution is -2.00. The van der Waals surface area contributed by atoms with Gasteiger partial charge in [-0.3, -0.25) is 0 Å². The fourth-order valence-corrected chi connectivity index (χ4v) is 2.11. The first-order chi connectivity index (χ1) is 9.71. The molecule has 0 aliphatic carbocycles. The van der Waals surface area contributed by atoms with Gasteiger partial charge < -0.3 is 10.7 Å². The van der Waals surface area contributed by atoms with Gasteiger partial charge in [-0.2, -0.15) is 5.26 Å². The maximum absolute atomic E-state index is 8.98. The summed E-state index contributed by atoms with van der Waals surface area (Å²) in [6.45, 7) is 2.01. The summed E-state index contributed by atoms with van der Waals surface area (Å²) < 4.78 is 0. The third kappa shape index (κ3) is 1.95. The van der Waals surface area contributed by atoms with Crippen LogP contribution in [0.3, 0.4) is 0 Å². The van der Waals surface area contributed by atoms with E-state index in [2.05, 4.69) is 26.0 Å². The second-order valence-electron chi connectivity index (χ2n) is 4.39. The van der Waals surface area contributed by atoms with E-state index in [0.717, 1.165) is 28.8 Å². The zero-order chi connectivity index (χ0) is 14.1. The standard InChI is InChI=1S/C14H12N6/c1-2-9-4-12(20-14(16)19-9)11-7-18-13-10(11)3-8(5-15)6-17-13/h3-4,6-7H,2H2,1H3,(H,17,18)(H2,16,19,20). The maximum atomic E-state index is 8.98. The van der Waals surface area contributed by atoms with Crippen molar-refractivity contribution in [3.05, 3.63) is 35.8 Å². The van der Waals surface area contributed by atoms with Crippen molar-refractivity contribution < 1.29 is 0 Å². The van der Waals surface area contributed by atoms with Crippen molar-refractivity contribution in [3.63, 3.8) is 0 Å². The number of H-pyrrole nitrogens is 1. The lowest BCUT2D eigenvalue weighted by atomic mass is 10.1. The number of anilines is 1. The van der Waals surface area contributed by atoms with Gasteiger partial charge in [0.2, 0.25) is 5.95 Å². The molecule has 0 amide bonds. The van der Waals surface area contributed by atoms with Gasteiger partial charge >= 0.3 is 0 Å². The van der Waals surface area contributed by atoms with Crippen molar-refractivity contribution in [1.82, 2.24) is 19.9 Å². The molecule has 0 radical (unpaired) electrons. The Kier molecular flexibility index (Phi) is 2.80. The van der Waals surface area contributed by atoms with E-state index in [9.17, 15) is 0 Å². The molecule has 6 heteroatoms. The molecule has 0 aliphatic rings. The SMILES string of the molecule is CCc1cc(-c2c[nH]c3ncc(C#N)cc23)nc(N)n1. The Morgan fingerprint density at radius 1 is 1.35 bits per heavy atom. The smallest absolute Gasteiger partial charge is 0.220 e. The van der Waals surface area contributed by atoms with E-state index in [1.165, 1.54) is 6.20 Å². The molecule has 0 aliphatic heterocycles. The highest BCUT2D eigenvalue weighted by atomic mass is 15.0. The maximum Gasteiger partial charge on any atom is 0.220 e. The first-order valence-electron chi connectivity index (χ1n) is 6.22. The summed E-state index contributed by atoms with van der Waals surface area (Å²) in [5.74, 6) is 0.248. The number of rotatable bonds is 2. The Morgan fingerprint density at radius 2 is 2.20 bits per heavy atom. The molecule has 0 unspecified atom stereocenters. The molecule has 0 saturated heterocycles. The molecule has 0 atom stereocenters. The van der Waals surface area contributed by atoms with Gasteiger partial charge in [0.15, 0.2) is 0 Å². The summed E-state index contributed by atoms with van der Waals surface area (Å²) in [4.78, 5) is 15.7. The van der Waals surface area contributed by atoms with E-state index in [1.807, 2.05) is 19.2 Å². The number of aromatic nitrogens is 4. The number of fused-ring (bicyclic) bond motifs is 1. The molecular weight excluding hydrogens is 252 g/mol. The normalized spacial score (nSPS) is 10.6. The number of nitriles is 1. The highest BCUT2D eigenvalue weighted by Gasteiger charge is 2.11. The molecule has 3 heterocycles. The number of nitrogens with one attached hydrogen (secondary N) is 1. The predicted octanol–water partition coefficient (Wildman–Crippen LogP) is 2.04. The minimum absolute atomic E-state index is 0.248. The van der Waals surface area contributed by atoms with Crippen LogP contribution in [0.1, 0.15) is 18.2 Å². The average Bonchev–Trinajstić information content (AvgIpc) is 2.89. The number of nitrogens with zero attached hydrogens (tertiary/aromatic N) is 4. The van der Waals surface area contributed by atoms with E-state index < -0.39 is 0 Å². The van der Waals surface area contributed by atoms with Gasteiger partial charge in [0.05, 0.1) is 11.3 Å². The van der Waals surface area contributed by atoms with Gasteiger partial charge in [0.25, 0.3) is 0 Å². The fraction of sp³-hybridized carbons (Fsp3) is 0.143. The van der Waals surface area contributed by atoms with Gasteiger partial charge in [0.1, 0.15) is 11.7 Å². The first kappa shape index (κ1) is 12.1. The molecule has 98 valence electrons. The number of aromatic amines is 1. The zero-order valence-corrected chi connectivity index (χ0v) is 10.9. The number of nitrogens with two attached hydrogens (primary N) is 1. The van der Waals surface area contributed by atoms with Gasteiger partial charge in [0, 0.05) is 29.0 Å². The van der Waals surface area contributed by atoms with Crippen LogP contribution < -0.4 is 5.73 Å². The van der Waals surface area contributed by atoms with Gasteiger partial charge in [-0.25, -0.2) is 15.0 Å². The lowest BCUT2D eigenvalue weighted by Gasteiger charge is -2.03. The lowest BCUT2D eigenvalue weighted by molar-refractivity contribution is 1.01. The van der Waals surface area contributed by atoms with Gasteiger partial charge in [-0.05, 0) is 18.6 Å². The van der Waals surface area contributed by atoms with Gasteiger partial charge in [-0.1, -0.05) is 6.92 Å². The number of aryl methyl sites for hydroxylation is 1. The van der Waals surface area contributed by atoms with Crippen molar-refractivity contribution in [2.45, 2.75) is 13.3 Å². The Labute approximate surface area is 115 Å². The van der Waals surface area contributed by atoms with Crippen LogP contribution in [0, 0.1) is 11.3 Å². The molecule has 0 spiro atoms. The first-order valence-corrected chi connectivity index (χ1v) is 6.22. The van der Waals surface area contributed by atoms with Crippen LogP contribution in [0.4, 0.5) is 5.95 Å². The second kappa shape index (κ2) is 4.63. The third-order valence-corrected chi connectivity index (χ3v) is 3.09. The molecule has 6 nitrogen and oxygen atoms in total. The van der Waals surface area contributed by atoms with Crippen LogP contribution in [-0.2, 0) is 6.42 Å². The van der Waals surface area contributed by atoms with E-state index >= 15 is 0 Å². The van der Waals surface area contributed by atoms with Crippen LogP contribution >= 0.6 is 0 Å². The van der Waals surface area contributed by atoms with Crippen molar-refractivity contribution >= 4 is 17.0 Å². The number of hydrogen-bond acceptors (Lipinski definition) is 5. The van der Waals surface area contributed by atoms with E-state index in [1.54, 1.807) is 6.07 Å². The monoisotopic (exact) mass is 264 g/mol. The zero-order valence-electron chi connectivity index (χ0n) is 10.9. The summed E-state index contributed by atoms with van der Waals surface area (Å²) >= 11 is 0. The molecular formula is C14H12N6. The molecule has 0 fully saturated rings. The van der Waals surface area contributed by atoms with Crippen LogP contribution in [-0.4, -0.2) is 19.9 Å². The largest absolute Gasteiger partial charge is 0.368 e. The van der Waals surface area contributed by atoms with Crippen molar-refractivity contribution in [3.8, 4) is 17.3 Å². The Balaban J connectivity index is 2.24. The van der Waals surface area contributed by atoms with Crippen LogP contribution in [0.15, 0.2) is 24.5 Å². The average molecular weight is 264 g/mol. The molecule has 0 aromatic carbocycles. The van der Waals surface area contributed by atoms with Crippen molar-refractivity contribution in [2.24, 2.45) is 0 Å². The second-order valence-corrected chi connectivity index (χ2v) is 4.39. The third-order valence-electron chi connectivity index (χ3n) is 3.09. The molecule has 3 N–H and O–H groups in total. The molecule has 3 aromatic rings. The summed E-state index contributed by atoms with van der Waals surface area (Å²) in [6, 6.07) is 5.78. The summed E-state index contributed by atoms with van der Waals surface area (Å²) in [7, 11) is 0. The molecule has 3 aromatic heterocycles. The van der Waals surface area contributed by atoms with E-state index in [4.69, 9.17) is 11.0 Å². The highest BCUT2D eigenvalue weighted by molar-refractivity contribution is 5.93. The Bertz CT molecular complexity index is 827. The predicted molar refractivity (Wildman–Crippen MR) is 75.6 cm³/mol. The number of pyridine rings is 1. The summed E-state index contributed by atoms with van der Waals surface area (Å²) in [5.41, 5.74) is 9.45. The fourth-order valence-electron chi connectivity index (χ4n) is 2.11. The number of hydrogen-bond donors (Lipinski definition) is 2. The number of nitrogen functional groups attached to an aromatic ring is 1. The van der Waals surface area contributed by atoms with E-state index in [0.29, 0.717) is 11.2 Å².